The number of nitrogens with zero attached hydrogens (tertiary/aromatic N) is 1. The largest absolute Gasteiger partial charge is 0.494 e. The summed E-state index contributed by atoms with van der Waals surface area (Å²) in [6.45, 7) is 3.72. The number of rotatable bonds is 10. The van der Waals surface area contributed by atoms with Gasteiger partial charge in [-0.3, -0.25) is 4.79 Å². The first kappa shape index (κ1) is 24.2. The summed E-state index contributed by atoms with van der Waals surface area (Å²) < 4.78 is 49.6. The molecule has 0 bridgehead atoms. The van der Waals surface area contributed by atoms with Crippen molar-refractivity contribution in [2.75, 3.05) is 26.8 Å². The maximum Gasteiger partial charge on any atom is 0.331 e. The molecule has 0 amide bonds. The van der Waals surface area contributed by atoms with Crippen molar-refractivity contribution in [2.45, 2.75) is 18.7 Å². The van der Waals surface area contributed by atoms with E-state index in [2.05, 4.69) is 0 Å². The molecule has 0 aliphatic carbocycles. The Labute approximate surface area is 181 Å². The number of ketones is 1. The van der Waals surface area contributed by atoms with E-state index in [0.29, 0.717) is 18.7 Å². The van der Waals surface area contributed by atoms with Gasteiger partial charge in [-0.1, -0.05) is 26.0 Å². The number of sulfonamides is 1. The summed E-state index contributed by atoms with van der Waals surface area (Å²) in [6.07, 6.45) is 2.56. The Kier molecular flexibility index (Phi) is 8.47. The van der Waals surface area contributed by atoms with Crippen LogP contribution in [0.2, 0.25) is 0 Å². The van der Waals surface area contributed by atoms with Crippen LogP contribution in [0.4, 0.5) is 4.39 Å². The standard InChI is InChI=1S/C22H24FNO6S/c1-4-24(5-2)31(27,28)18-10-6-16(7-11-18)8-13-22(26)30-15-20(25)17-9-12-21(29-3)19(23)14-17/h6-14H,4-5,15H2,1-3H3/b13-8+. The summed E-state index contributed by atoms with van der Waals surface area (Å²) in [4.78, 5) is 24.1. The summed E-state index contributed by atoms with van der Waals surface area (Å²) in [5, 5.41) is 0. The van der Waals surface area contributed by atoms with Gasteiger partial charge in [0.25, 0.3) is 0 Å². The Hall–Kier alpha value is -3.04. The normalized spacial score (nSPS) is 11.6. The number of ether oxygens (including phenoxy) is 2. The van der Waals surface area contributed by atoms with Crippen molar-refractivity contribution in [1.82, 2.24) is 4.31 Å². The van der Waals surface area contributed by atoms with Crippen LogP contribution < -0.4 is 4.74 Å². The molecule has 31 heavy (non-hydrogen) atoms. The Morgan fingerprint density at radius 1 is 1.06 bits per heavy atom. The van der Waals surface area contributed by atoms with Gasteiger partial charge in [-0.25, -0.2) is 17.6 Å². The third kappa shape index (κ3) is 6.22. The molecule has 0 N–H and O–H groups in total. The molecule has 0 aromatic heterocycles. The highest BCUT2D eigenvalue weighted by Crippen LogP contribution is 2.18. The zero-order valence-corrected chi connectivity index (χ0v) is 18.3. The molecule has 2 aromatic carbocycles. The zero-order valence-electron chi connectivity index (χ0n) is 17.5. The van der Waals surface area contributed by atoms with E-state index in [1.807, 2.05) is 0 Å². The van der Waals surface area contributed by atoms with Crippen molar-refractivity contribution in [2.24, 2.45) is 0 Å². The maximum absolute atomic E-state index is 13.7. The summed E-state index contributed by atoms with van der Waals surface area (Å²) in [7, 11) is -2.24. The Morgan fingerprint density at radius 2 is 1.71 bits per heavy atom. The molecule has 0 saturated carbocycles. The fourth-order valence-corrected chi connectivity index (χ4v) is 4.19. The van der Waals surface area contributed by atoms with Gasteiger partial charge >= 0.3 is 5.97 Å². The molecule has 0 aliphatic rings. The second-order valence-corrected chi connectivity index (χ2v) is 8.31. The van der Waals surface area contributed by atoms with Crippen LogP contribution in [0, 0.1) is 5.82 Å². The summed E-state index contributed by atoms with van der Waals surface area (Å²) in [5.41, 5.74) is 0.638. The van der Waals surface area contributed by atoms with E-state index in [4.69, 9.17) is 9.47 Å². The van der Waals surface area contributed by atoms with Crippen LogP contribution >= 0.6 is 0 Å². The molecule has 7 nitrogen and oxygen atoms in total. The van der Waals surface area contributed by atoms with E-state index in [0.717, 1.165) is 12.1 Å². The number of methoxy groups -OCH3 is 1. The van der Waals surface area contributed by atoms with Gasteiger partial charge in [-0.05, 0) is 42.0 Å². The molecule has 0 saturated heterocycles. The van der Waals surface area contributed by atoms with Gasteiger partial charge in [-0.15, -0.1) is 0 Å². The highest BCUT2D eigenvalue weighted by Gasteiger charge is 2.21. The molecule has 0 fully saturated rings. The minimum absolute atomic E-state index is 0.00685. The first-order valence-corrected chi connectivity index (χ1v) is 11.0. The van der Waals surface area contributed by atoms with Gasteiger partial charge in [0.2, 0.25) is 10.0 Å². The average molecular weight is 450 g/mol. The van der Waals surface area contributed by atoms with E-state index in [9.17, 15) is 22.4 Å². The van der Waals surface area contributed by atoms with Crippen molar-refractivity contribution >= 4 is 27.9 Å². The van der Waals surface area contributed by atoms with Gasteiger partial charge in [0.1, 0.15) is 0 Å². The predicted octanol–water partition coefficient (Wildman–Crippen LogP) is 3.30. The number of hydrogen-bond donors (Lipinski definition) is 0. The lowest BCUT2D eigenvalue weighted by Crippen LogP contribution is -2.30. The first-order chi connectivity index (χ1) is 14.7. The van der Waals surface area contributed by atoms with Crippen molar-refractivity contribution in [1.29, 1.82) is 0 Å². The molecule has 9 heteroatoms. The second kappa shape index (κ2) is 10.8. The minimum atomic E-state index is -3.56. The van der Waals surface area contributed by atoms with Crippen LogP contribution in [0.25, 0.3) is 6.08 Å². The van der Waals surface area contributed by atoms with Crippen LogP contribution in [-0.4, -0.2) is 51.3 Å². The highest BCUT2D eigenvalue weighted by molar-refractivity contribution is 7.89. The second-order valence-electron chi connectivity index (χ2n) is 6.37. The molecule has 2 rings (SSSR count). The number of halogens is 1. The molecular weight excluding hydrogens is 425 g/mol. The van der Waals surface area contributed by atoms with E-state index >= 15 is 0 Å². The average Bonchev–Trinajstić information content (AvgIpc) is 2.76. The van der Waals surface area contributed by atoms with Gasteiger partial charge in [-0.2, -0.15) is 4.31 Å². The minimum Gasteiger partial charge on any atom is -0.494 e. The number of benzene rings is 2. The van der Waals surface area contributed by atoms with Crippen LogP contribution in [0.3, 0.4) is 0 Å². The van der Waals surface area contributed by atoms with Crippen molar-refractivity contribution < 1.29 is 31.9 Å². The Balaban J connectivity index is 1.96. The number of carbonyl (C=O) groups is 2. The molecule has 0 aliphatic heterocycles. The first-order valence-electron chi connectivity index (χ1n) is 9.54. The third-order valence-electron chi connectivity index (χ3n) is 4.45. The lowest BCUT2D eigenvalue weighted by atomic mass is 10.1. The zero-order chi connectivity index (χ0) is 23.0. The number of Topliss-reactive ketones (excluding diaryl/α,β-unsaturated/α-hetero) is 1. The van der Waals surface area contributed by atoms with Gasteiger partial charge in [0, 0.05) is 24.7 Å². The molecular formula is C22H24FNO6S. The lowest BCUT2D eigenvalue weighted by Gasteiger charge is -2.18. The number of esters is 1. The van der Waals surface area contributed by atoms with E-state index < -0.39 is 34.2 Å². The molecule has 0 atom stereocenters. The fourth-order valence-electron chi connectivity index (χ4n) is 2.74. The Morgan fingerprint density at radius 3 is 2.26 bits per heavy atom. The number of carbonyl (C=O) groups excluding carboxylic acids is 2. The van der Waals surface area contributed by atoms with E-state index in [-0.39, 0.29) is 16.2 Å². The van der Waals surface area contributed by atoms with Gasteiger partial charge < -0.3 is 9.47 Å². The Bertz CT molecular complexity index is 1060. The van der Waals surface area contributed by atoms with Crippen molar-refractivity contribution in [3.63, 3.8) is 0 Å². The number of hydrogen-bond acceptors (Lipinski definition) is 6. The van der Waals surface area contributed by atoms with E-state index in [1.165, 1.54) is 41.8 Å². The molecule has 0 heterocycles. The highest BCUT2D eigenvalue weighted by atomic mass is 32.2. The summed E-state index contributed by atoms with van der Waals surface area (Å²) in [6, 6.07) is 9.74. The molecule has 166 valence electrons. The van der Waals surface area contributed by atoms with Crippen molar-refractivity contribution in [3.05, 3.63) is 65.5 Å². The van der Waals surface area contributed by atoms with Crippen molar-refractivity contribution in [3.8, 4) is 5.75 Å². The lowest BCUT2D eigenvalue weighted by molar-refractivity contribution is -0.136. The molecule has 0 radical (unpaired) electrons. The quantitative estimate of drug-likeness (QED) is 0.314. The molecule has 0 spiro atoms. The fraction of sp³-hybridized carbons (Fsp3) is 0.273. The molecule has 0 unspecified atom stereocenters. The molecule has 2 aromatic rings. The third-order valence-corrected chi connectivity index (χ3v) is 6.52. The summed E-state index contributed by atoms with van der Waals surface area (Å²) in [5.74, 6) is -2.00. The topological polar surface area (TPSA) is 90.0 Å². The monoisotopic (exact) mass is 449 g/mol. The van der Waals surface area contributed by atoms with Crippen LogP contribution in [-0.2, 0) is 19.6 Å². The van der Waals surface area contributed by atoms with Crippen LogP contribution in [0.15, 0.2) is 53.4 Å². The van der Waals surface area contributed by atoms with Gasteiger partial charge in [0.15, 0.2) is 24.0 Å². The SMILES string of the molecule is CCN(CC)S(=O)(=O)c1ccc(/C=C/C(=O)OCC(=O)c2ccc(OC)c(F)c2)cc1. The maximum atomic E-state index is 13.7. The smallest absolute Gasteiger partial charge is 0.331 e. The predicted molar refractivity (Wildman–Crippen MR) is 114 cm³/mol. The van der Waals surface area contributed by atoms with Gasteiger partial charge in [0.05, 0.1) is 12.0 Å². The van der Waals surface area contributed by atoms with Crippen LogP contribution in [0.5, 0.6) is 5.75 Å². The summed E-state index contributed by atoms with van der Waals surface area (Å²) >= 11 is 0. The van der Waals surface area contributed by atoms with E-state index in [1.54, 1.807) is 26.0 Å². The van der Waals surface area contributed by atoms with Crippen LogP contribution in [0.1, 0.15) is 29.8 Å².